The fraction of sp³-hybridized carbons (Fsp3) is 0.250. The summed E-state index contributed by atoms with van der Waals surface area (Å²) in [4.78, 5) is 8.79. The molecule has 0 unspecified atom stereocenters. The maximum atomic E-state index is 12.6. The third-order valence-electron chi connectivity index (χ3n) is 4.69. The molecule has 162 valence electrons. The number of aryl methyl sites for hydroxylation is 1. The maximum Gasteiger partial charge on any atom is 0.408 e. The zero-order chi connectivity index (χ0) is 22.3. The smallest absolute Gasteiger partial charge is 0.408 e. The highest BCUT2D eigenvalue weighted by Crippen LogP contribution is 2.35. The second-order valence-corrected chi connectivity index (χ2v) is 6.83. The minimum Gasteiger partial charge on any atom is -0.494 e. The third kappa shape index (κ3) is 3.86. The van der Waals surface area contributed by atoms with Crippen molar-refractivity contribution >= 4 is 10.9 Å². The minimum atomic E-state index is -4.40. The summed E-state index contributed by atoms with van der Waals surface area (Å²) >= 11 is 0. The first-order valence-corrected chi connectivity index (χ1v) is 9.11. The molecular formula is C20H18F3N5O3. The van der Waals surface area contributed by atoms with E-state index in [0.717, 1.165) is 10.2 Å². The Hall–Kier alpha value is -3.76. The first kappa shape index (κ1) is 20.5. The molecule has 4 rings (SSSR count). The van der Waals surface area contributed by atoms with Crippen molar-refractivity contribution in [2.24, 2.45) is 0 Å². The van der Waals surface area contributed by atoms with Gasteiger partial charge in [0.25, 0.3) is 5.88 Å². The van der Waals surface area contributed by atoms with Gasteiger partial charge in [-0.2, -0.15) is 18.3 Å². The van der Waals surface area contributed by atoms with E-state index < -0.39 is 12.7 Å². The number of aromatic nitrogens is 5. The van der Waals surface area contributed by atoms with Gasteiger partial charge in [-0.1, -0.05) is 0 Å². The van der Waals surface area contributed by atoms with Gasteiger partial charge >= 0.3 is 6.18 Å². The van der Waals surface area contributed by atoms with E-state index in [2.05, 4.69) is 15.1 Å². The van der Waals surface area contributed by atoms with Crippen molar-refractivity contribution in [3.05, 3.63) is 42.4 Å². The van der Waals surface area contributed by atoms with Crippen LogP contribution in [0.2, 0.25) is 0 Å². The molecule has 0 saturated heterocycles. The molecule has 0 aliphatic rings. The van der Waals surface area contributed by atoms with Gasteiger partial charge in [0.2, 0.25) is 5.88 Å². The Morgan fingerprint density at radius 2 is 1.94 bits per heavy atom. The molecule has 8 nitrogen and oxygen atoms in total. The van der Waals surface area contributed by atoms with E-state index in [1.54, 1.807) is 25.3 Å². The molecule has 0 fully saturated rings. The summed E-state index contributed by atoms with van der Waals surface area (Å²) in [5.41, 5.74) is 2.43. The number of hydrogen-bond acceptors (Lipinski definition) is 6. The van der Waals surface area contributed by atoms with Gasteiger partial charge in [0, 0.05) is 30.2 Å². The van der Waals surface area contributed by atoms with E-state index in [9.17, 15) is 18.3 Å². The average Bonchev–Trinajstić information content (AvgIpc) is 3.30. The Kier molecular flexibility index (Phi) is 4.96. The van der Waals surface area contributed by atoms with E-state index in [1.807, 2.05) is 0 Å². The van der Waals surface area contributed by atoms with Crippen molar-refractivity contribution < 1.29 is 27.8 Å². The topological polar surface area (TPSA) is 87.2 Å². The molecule has 11 heteroatoms. The van der Waals surface area contributed by atoms with Crippen molar-refractivity contribution in [1.82, 2.24) is 24.3 Å². The Balaban J connectivity index is 1.77. The second kappa shape index (κ2) is 7.49. The SMILES string of the molecule is COc1cc(-c2cc(C)c3c(O)n(-c4ccn(CC(F)(F)F)n4)cc3n2)cnc1OC. The van der Waals surface area contributed by atoms with E-state index in [1.165, 1.54) is 37.2 Å². The summed E-state index contributed by atoms with van der Waals surface area (Å²) in [5.74, 6) is 0.764. The van der Waals surface area contributed by atoms with Crippen molar-refractivity contribution in [2.75, 3.05) is 14.2 Å². The molecule has 31 heavy (non-hydrogen) atoms. The summed E-state index contributed by atoms with van der Waals surface area (Å²) in [7, 11) is 2.99. The van der Waals surface area contributed by atoms with Crippen LogP contribution in [0.4, 0.5) is 13.2 Å². The largest absolute Gasteiger partial charge is 0.494 e. The van der Waals surface area contributed by atoms with Crippen LogP contribution in [0, 0.1) is 6.92 Å². The van der Waals surface area contributed by atoms with Gasteiger partial charge in [-0.05, 0) is 24.6 Å². The lowest BCUT2D eigenvalue weighted by Crippen LogP contribution is -2.18. The first-order valence-electron chi connectivity index (χ1n) is 9.11. The molecule has 4 heterocycles. The Labute approximate surface area is 174 Å². The molecule has 0 aliphatic heterocycles. The van der Waals surface area contributed by atoms with Crippen molar-refractivity contribution in [3.8, 4) is 34.6 Å². The lowest BCUT2D eigenvalue weighted by molar-refractivity contribution is -0.142. The van der Waals surface area contributed by atoms with E-state index in [0.29, 0.717) is 33.8 Å². The molecule has 0 spiro atoms. The second-order valence-electron chi connectivity index (χ2n) is 6.83. The van der Waals surface area contributed by atoms with Gasteiger partial charge in [-0.3, -0.25) is 9.25 Å². The van der Waals surface area contributed by atoms with Gasteiger partial charge in [0.05, 0.1) is 30.8 Å². The zero-order valence-electron chi connectivity index (χ0n) is 16.8. The Morgan fingerprint density at radius 1 is 1.16 bits per heavy atom. The van der Waals surface area contributed by atoms with Crippen LogP contribution in [0.5, 0.6) is 17.5 Å². The summed E-state index contributed by atoms with van der Waals surface area (Å²) in [6, 6.07) is 4.89. The van der Waals surface area contributed by atoms with Crippen LogP contribution >= 0.6 is 0 Å². The third-order valence-corrected chi connectivity index (χ3v) is 4.69. The number of rotatable bonds is 5. The van der Waals surface area contributed by atoms with Crippen LogP contribution in [0.1, 0.15) is 5.56 Å². The zero-order valence-corrected chi connectivity index (χ0v) is 16.8. The molecule has 0 aromatic carbocycles. The molecule has 4 aromatic heterocycles. The summed E-state index contributed by atoms with van der Waals surface area (Å²) < 4.78 is 50.3. The van der Waals surface area contributed by atoms with Crippen LogP contribution in [0.25, 0.3) is 28.0 Å². The van der Waals surface area contributed by atoms with E-state index in [-0.39, 0.29) is 11.7 Å². The fourth-order valence-electron chi connectivity index (χ4n) is 3.33. The molecule has 1 N–H and O–H groups in total. The number of hydrogen-bond donors (Lipinski definition) is 1. The molecule has 0 atom stereocenters. The number of aromatic hydroxyl groups is 1. The van der Waals surface area contributed by atoms with Gasteiger partial charge in [0.1, 0.15) is 6.54 Å². The van der Waals surface area contributed by atoms with Crippen molar-refractivity contribution in [2.45, 2.75) is 19.6 Å². The Bertz CT molecular complexity index is 1260. The fourth-order valence-corrected chi connectivity index (χ4v) is 3.33. The van der Waals surface area contributed by atoms with Crippen molar-refractivity contribution in [1.29, 1.82) is 0 Å². The average molecular weight is 433 g/mol. The van der Waals surface area contributed by atoms with Crippen LogP contribution in [0.15, 0.2) is 36.8 Å². The maximum absolute atomic E-state index is 12.6. The number of alkyl halides is 3. The van der Waals surface area contributed by atoms with E-state index >= 15 is 0 Å². The molecule has 0 aliphatic carbocycles. The predicted octanol–water partition coefficient (Wildman–Crippen LogP) is 3.88. The number of halogens is 3. The minimum absolute atomic E-state index is 0.147. The normalized spacial score (nSPS) is 11.8. The standard InChI is InChI=1S/C20H18F3N5O3/c1-11-6-13(12-7-15(30-2)18(31-3)24-8-12)25-14-9-28(19(29)17(11)14)16-4-5-27(26-16)10-20(21,22)23/h4-9,29H,10H2,1-3H3. The molecule has 0 saturated carbocycles. The van der Waals surface area contributed by atoms with Crippen LogP contribution < -0.4 is 9.47 Å². The highest BCUT2D eigenvalue weighted by Gasteiger charge is 2.28. The van der Waals surface area contributed by atoms with Gasteiger partial charge in [0.15, 0.2) is 11.6 Å². The highest BCUT2D eigenvalue weighted by molar-refractivity contribution is 5.90. The number of pyridine rings is 2. The molecule has 0 bridgehead atoms. The van der Waals surface area contributed by atoms with Gasteiger partial charge in [-0.15, -0.1) is 0 Å². The molecule has 0 radical (unpaired) electrons. The van der Waals surface area contributed by atoms with Crippen molar-refractivity contribution in [3.63, 3.8) is 0 Å². The number of fused-ring (bicyclic) bond motifs is 1. The van der Waals surface area contributed by atoms with Gasteiger partial charge < -0.3 is 14.6 Å². The molecule has 0 amide bonds. The summed E-state index contributed by atoms with van der Waals surface area (Å²) in [6.07, 6.45) is -0.0819. The van der Waals surface area contributed by atoms with Crippen LogP contribution in [-0.2, 0) is 6.54 Å². The lowest BCUT2D eigenvalue weighted by atomic mass is 10.1. The monoisotopic (exact) mass is 433 g/mol. The number of nitrogens with zero attached hydrogens (tertiary/aromatic N) is 5. The highest BCUT2D eigenvalue weighted by atomic mass is 19.4. The van der Waals surface area contributed by atoms with Crippen LogP contribution in [0.3, 0.4) is 0 Å². The molecular weight excluding hydrogens is 415 g/mol. The Morgan fingerprint density at radius 3 is 2.61 bits per heavy atom. The molecule has 4 aromatic rings. The van der Waals surface area contributed by atoms with E-state index in [4.69, 9.17) is 9.47 Å². The predicted molar refractivity (Wildman–Crippen MR) is 106 cm³/mol. The summed E-state index contributed by atoms with van der Waals surface area (Å²) in [6.45, 7) is 0.580. The number of ether oxygens (including phenoxy) is 2. The van der Waals surface area contributed by atoms with Crippen LogP contribution in [-0.4, -0.2) is 49.8 Å². The van der Waals surface area contributed by atoms with Gasteiger partial charge in [-0.25, -0.2) is 9.97 Å². The summed E-state index contributed by atoms with van der Waals surface area (Å²) in [5, 5.41) is 15.1. The first-order chi connectivity index (χ1) is 14.7. The quantitative estimate of drug-likeness (QED) is 0.514. The number of methoxy groups -OCH3 is 2. The lowest BCUT2D eigenvalue weighted by Gasteiger charge is -2.09.